The molecular formula is C33H33Cl2NS. The van der Waals surface area contributed by atoms with Crippen molar-refractivity contribution in [2.45, 2.75) is 51.0 Å². The van der Waals surface area contributed by atoms with E-state index in [0.717, 1.165) is 16.6 Å². The summed E-state index contributed by atoms with van der Waals surface area (Å²) in [6.07, 6.45) is 2.21. The second-order valence-electron chi connectivity index (χ2n) is 11.0. The van der Waals surface area contributed by atoms with Gasteiger partial charge in [-0.3, -0.25) is 0 Å². The molecule has 0 spiro atoms. The van der Waals surface area contributed by atoms with Gasteiger partial charge in [0.2, 0.25) is 0 Å². The maximum atomic E-state index is 6.26. The van der Waals surface area contributed by atoms with E-state index in [1.54, 1.807) is 0 Å². The molecule has 1 heterocycles. The first-order valence-electron chi connectivity index (χ1n) is 12.8. The fraction of sp³-hybridized carbons (Fsp3) is 0.273. The van der Waals surface area contributed by atoms with Gasteiger partial charge in [-0.1, -0.05) is 105 Å². The molecule has 0 radical (unpaired) electrons. The zero-order valence-electron chi connectivity index (χ0n) is 22.1. The molecule has 5 rings (SSSR count). The molecule has 0 fully saturated rings. The molecule has 4 aromatic carbocycles. The second-order valence-corrected chi connectivity index (χ2v) is 12.7. The first kappa shape index (κ1) is 26.2. The van der Waals surface area contributed by atoms with Crippen LogP contribution in [-0.2, 0) is 6.54 Å². The first-order chi connectivity index (χ1) is 17.7. The molecule has 190 valence electrons. The Morgan fingerprint density at radius 3 is 2.03 bits per heavy atom. The highest BCUT2D eigenvalue weighted by atomic mass is 35.5. The van der Waals surface area contributed by atoms with Crippen LogP contribution in [0.15, 0.2) is 89.8 Å². The molecule has 0 bridgehead atoms. The van der Waals surface area contributed by atoms with Crippen LogP contribution in [0.4, 0.5) is 0 Å². The van der Waals surface area contributed by atoms with E-state index in [1.165, 1.54) is 43.4 Å². The lowest BCUT2D eigenvalue weighted by Gasteiger charge is -2.37. The van der Waals surface area contributed by atoms with E-state index in [1.807, 2.05) is 36.0 Å². The molecule has 37 heavy (non-hydrogen) atoms. The minimum Gasteiger partial charge on any atom is -0.335 e. The summed E-state index contributed by atoms with van der Waals surface area (Å²) >= 11 is 14.3. The average Bonchev–Trinajstić information content (AvgIpc) is 3.19. The van der Waals surface area contributed by atoms with Crippen LogP contribution < -0.4 is 0 Å². The van der Waals surface area contributed by atoms with Crippen LogP contribution >= 0.6 is 35.0 Å². The minimum atomic E-state index is 0.0773. The standard InChI is InChI=1S/C33H33Cl2NS/c1-21(30(33(2,3)4)23-12-16-25(35)17-13-23)26-18-19-28-27-8-6-7-9-29(27)36(31(28)32(26)37-5)20-22-10-14-24(34)15-11-22/h6-19,21,30H,20H2,1-5H3. The molecule has 0 amide bonds. The zero-order chi connectivity index (χ0) is 26.3. The quantitative estimate of drug-likeness (QED) is 0.192. The third-order valence-electron chi connectivity index (χ3n) is 7.53. The number of rotatable bonds is 6. The SMILES string of the molecule is CSc1c(C(C)C(c2ccc(Cl)cc2)C(C)(C)C)ccc2c3ccccc3n(Cc3ccc(Cl)cc3)c12. The molecule has 2 atom stereocenters. The van der Waals surface area contributed by atoms with Gasteiger partial charge in [0.05, 0.1) is 5.52 Å². The van der Waals surface area contributed by atoms with Gasteiger partial charge < -0.3 is 4.57 Å². The molecule has 0 aliphatic rings. The molecule has 0 N–H and O–H groups in total. The maximum absolute atomic E-state index is 6.26. The van der Waals surface area contributed by atoms with Crippen molar-refractivity contribution in [3.05, 3.63) is 112 Å². The predicted molar refractivity (Wildman–Crippen MR) is 164 cm³/mol. The predicted octanol–water partition coefficient (Wildman–Crippen LogP) is 10.8. The molecule has 4 heteroatoms. The molecule has 0 aliphatic carbocycles. The summed E-state index contributed by atoms with van der Waals surface area (Å²) in [5, 5.41) is 4.15. The maximum Gasteiger partial charge on any atom is 0.0635 e. The second kappa shape index (κ2) is 10.4. The Balaban J connectivity index is 1.72. The number of fused-ring (bicyclic) bond motifs is 3. The van der Waals surface area contributed by atoms with Gasteiger partial charge in [0.1, 0.15) is 0 Å². The smallest absolute Gasteiger partial charge is 0.0635 e. The summed E-state index contributed by atoms with van der Waals surface area (Å²) in [6, 6.07) is 30.1. The van der Waals surface area contributed by atoms with Crippen molar-refractivity contribution in [1.82, 2.24) is 4.57 Å². The number of halogens is 2. The Morgan fingerprint density at radius 2 is 1.41 bits per heavy atom. The zero-order valence-corrected chi connectivity index (χ0v) is 24.4. The minimum absolute atomic E-state index is 0.0773. The summed E-state index contributed by atoms with van der Waals surface area (Å²) < 4.78 is 2.49. The lowest BCUT2D eigenvalue weighted by Crippen LogP contribution is -2.24. The Labute approximate surface area is 234 Å². The normalized spacial score (nSPS) is 13.8. The van der Waals surface area contributed by atoms with Crippen molar-refractivity contribution in [3.8, 4) is 0 Å². The highest BCUT2D eigenvalue weighted by molar-refractivity contribution is 7.98. The number of para-hydroxylation sites is 1. The van der Waals surface area contributed by atoms with Crippen LogP contribution in [-0.4, -0.2) is 10.8 Å². The van der Waals surface area contributed by atoms with Crippen LogP contribution in [0.1, 0.15) is 56.2 Å². The summed E-state index contributed by atoms with van der Waals surface area (Å²) in [5.41, 5.74) is 6.63. The Morgan fingerprint density at radius 1 is 0.784 bits per heavy atom. The van der Waals surface area contributed by atoms with Crippen molar-refractivity contribution in [2.24, 2.45) is 5.41 Å². The molecule has 1 nitrogen and oxygen atoms in total. The van der Waals surface area contributed by atoms with Crippen molar-refractivity contribution in [3.63, 3.8) is 0 Å². The number of thioether (sulfide) groups is 1. The number of hydrogen-bond acceptors (Lipinski definition) is 1. The fourth-order valence-electron chi connectivity index (χ4n) is 6.03. The van der Waals surface area contributed by atoms with Crippen LogP contribution in [0.3, 0.4) is 0 Å². The van der Waals surface area contributed by atoms with E-state index in [0.29, 0.717) is 11.8 Å². The van der Waals surface area contributed by atoms with E-state index in [2.05, 4.69) is 99.2 Å². The van der Waals surface area contributed by atoms with Gasteiger partial charge in [0, 0.05) is 37.8 Å². The molecular weight excluding hydrogens is 513 g/mol. The summed E-state index contributed by atoms with van der Waals surface area (Å²) in [4.78, 5) is 1.36. The van der Waals surface area contributed by atoms with Crippen LogP contribution in [0.2, 0.25) is 10.0 Å². The lowest BCUT2D eigenvalue weighted by atomic mass is 9.68. The van der Waals surface area contributed by atoms with Gasteiger partial charge >= 0.3 is 0 Å². The van der Waals surface area contributed by atoms with Gasteiger partial charge in [-0.05, 0) is 70.5 Å². The molecule has 1 aromatic heterocycles. The monoisotopic (exact) mass is 545 g/mol. The fourth-order valence-corrected chi connectivity index (χ4v) is 7.18. The van der Waals surface area contributed by atoms with Crippen LogP contribution in [0, 0.1) is 5.41 Å². The largest absolute Gasteiger partial charge is 0.335 e. The van der Waals surface area contributed by atoms with Gasteiger partial charge in [-0.15, -0.1) is 11.8 Å². The molecule has 0 saturated heterocycles. The Bertz CT molecular complexity index is 1540. The van der Waals surface area contributed by atoms with E-state index in [-0.39, 0.29) is 5.41 Å². The van der Waals surface area contributed by atoms with Crippen molar-refractivity contribution in [2.75, 3.05) is 6.26 Å². The van der Waals surface area contributed by atoms with Gasteiger partial charge in [-0.2, -0.15) is 0 Å². The Hall–Kier alpha value is -2.39. The van der Waals surface area contributed by atoms with Gasteiger partial charge in [0.25, 0.3) is 0 Å². The third kappa shape index (κ3) is 5.04. The first-order valence-corrected chi connectivity index (χ1v) is 14.7. The van der Waals surface area contributed by atoms with E-state index in [4.69, 9.17) is 23.2 Å². The highest BCUT2D eigenvalue weighted by Crippen LogP contribution is 2.49. The lowest BCUT2D eigenvalue weighted by molar-refractivity contribution is 0.286. The van der Waals surface area contributed by atoms with Gasteiger partial charge in [0.15, 0.2) is 0 Å². The highest BCUT2D eigenvalue weighted by Gasteiger charge is 2.34. The third-order valence-corrected chi connectivity index (χ3v) is 8.87. The van der Waals surface area contributed by atoms with E-state index >= 15 is 0 Å². The van der Waals surface area contributed by atoms with Crippen molar-refractivity contribution >= 4 is 56.8 Å². The molecule has 0 saturated carbocycles. The average molecular weight is 547 g/mol. The Kier molecular flexibility index (Phi) is 7.38. The molecule has 2 unspecified atom stereocenters. The van der Waals surface area contributed by atoms with E-state index in [9.17, 15) is 0 Å². The summed E-state index contributed by atoms with van der Waals surface area (Å²) in [6.45, 7) is 10.2. The van der Waals surface area contributed by atoms with Crippen molar-refractivity contribution < 1.29 is 0 Å². The summed E-state index contributed by atoms with van der Waals surface area (Å²) in [5.74, 6) is 0.650. The number of nitrogens with zero attached hydrogens (tertiary/aromatic N) is 1. The number of benzene rings is 4. The topological polar surface area (TPSA) is 4.93 Å². The summed E-state index contributed by atoms with van der Waals surface area (Å²) in [7, 11) is 0. The van der Waals surface area contributed by atoms with Gasteiger partial charge in [-0.25, -0.2) is 0 Å². The number of aromatic nitrogens is 1. The van der Waals surface area contributed by atoms with E-state index < -0.39 is 0 Å². The van der Waals surface area contributed by atoms with Crippen molar-refractivity contribution in [1.29, 1.82) is 0 Å². The van der Waals surface area contributed by atoms with Crippen LogP contribution in [0.5, 0.6) is 0 Å². The molecule has 0 aliphatic heterocycles. The number of hydrogen-bond donors (Lipinski definition) is 0. The van der Waals surface area contributed by atoms with Crippen LogP contribution in [0.25, 0.3) is 21.8 Å². The molecule has 5 aromatic rings.